The van der Waals surface area contributed by atoms with E-state index < -0.39 is 0 Å². The van der Waals surface area contributed by atoms with Gasteiger partial charge in [0.05, 0.1) is 12.7 Å². The average Bonchev–Trinajstić information content (AvgIpc) is 2.23. The van der Waals surface area contributed by atoms with E-state index in [2.05, 4.69) is 26.8 Å². The van der Waals surface area contributed by atoms with Crippen molar-refractivity contribution in [2.45, 2.75) is 52.1 Å². The molecule has 1 aromatic rings. The minimum atomic E-state index is -0.239. The van der Waals surface area contributed by atoms with E-state index >= 15 is 0 Å². The largest absolute Gasteiger partial charge is 0.493 e. The summed E-state index contributed by atoms with van der Waals surface area (Å²) in [4.78, 5) is 0. The molecule has 2 nitrogen and oxygen atoms in total. The first kappa shape index (κ1) is 14.0. The summed E-state index contributed by atoms with van der Waals surface area (Å²) < 4.78 is 5.80. The van der Waals surface area contributed by atoms with Crippen LogP contribution in [0.1, 0.15) is 46.1 Å². The van der Waals surface area contributed by atoms with Gasteiger partial charge >= 0.3 is 0 Å². The van der Waals surface area contributed by atoms with Crippen LogP contribution in [-0.2, 0) is 5.41 Å². The lowest BCUT2D eigenvalue weighted by Gasteiger charge is -2.22. The lowest BCUT2D eigenvalue weighted by molar-refractivity contribution is 0.170. The van der Waals surface area contributed by atoms with Crippen molar-refractivity contribution in [3.8, 4) is 5.75 Å². The maximum atomic E-state index is 9.18. The molecule has 0 saturated carbocycles. The maximum Gasteiger partial charge on any atom is 0.123 e. The highest BCUT2D eigenvalue weighted by Gasteiger charge is 2.18. The van der Waals surface area contributed by atoms with Gasteiger partial charge < -0.3 is 9.84 Å². The standard InChI is InChI=1S/C15H24O2/c1-12(16)8-7-11-17-14-10-6-5-9-13(14)15(2,3)4/h5-6,9-10,12,16H,7-8,11H2,1-4H3. The van der Waals surface area contributed by atoms with Crippen LogP contribution in [0.3, 0.4) is 0 Å². The SMILES string of the molecule is CC(O)CCCOc1ccccc1C(C)(C)C. The molecular weight excluding hydrogens is 212 g/mol. The van der Waals surface area contributed by atoms with Crippen molar-refractivity contribution in [3.63, 3.8) is 0 Å². The molecule has 0 amide bonds. The Kier molecular flexibility index (Phi) is 5.01. The van der Waals surface area contributed by atoms with Gasteiger partial charge in [0.15, 0.2) is 0 Å². The van der Waals surface area contributed by atoms with Gasteiger partial charge in [0.2, 0.25) is 0 Å². The van der Waals surface area contributed by atoms with Crippen LogP contribution in [0.25, 0.3) is 0 Å². The molecular formula is C15H24O2. The third kappa shape index (κ3) is 4.78. The van der Waals surface area contributed by atoms with Crippen molar-refractivity contribution in [1.82, 2.24) is 0 Å². The Bertz CT molecular complexity index is 337. The predicted octanol–water partition coefficient (Wildman–Crippen LogP) is 3.52. The lowest BCUT2D eigenvalue weighted by atomic mass is 9.86. The second-order valence-electron chi connectivity index (χ2n) is 5.59. The molecule has 1 atom stereocenters. The Morgan fingerprint density at radius 2 is 1.88 bits per heavy atom. The van der Waals surface area contributed by atoms with Crippen LogP contribution in [-0.4, -0.2) is 17.8 Å². The minimum absolute atomic E-state index is 0.0981. The summed E-state index contributed by atoms with van der Waals surface area (Å²) in [7, 11) is 0. The van der Waals surface area contributed by atoms with Crippen LogP contribution in [0.15, 0.2) is 24.3 Å². The fraction of sp³-hybridized carbons (Fsp3) is 0.600. The zero-order valence-electron chi connectivity index (χ0n) is 11.4. The molecule has 17 heavy (non-hydrogen) atoms. The summed E-state index contributed by atoms with van der Waals surface area (Å²) in [6, 6.07) is 8.18. The molecule has 0 fully saturated rings. The minimum Gasteiger partial charge on any atom is -0.493 e. The third-order valence-corrected chi connectivity index (χ3v) is 2.72. The van der Waals surface area contributed by atoms with Gasteiger partial charge in [0.1, 0.15) is 5.75 Å². The van der Waals surface area contributed by atoms with Gasteiger partial charge in [-0.2, -0.15) is 0 Å². The van der Waals surface area contributed by atoms with Gasteiger partial charge in [0.25, 0.3) is 0 Å². The van der Waals surface area contributed by atoms with Gasteiger partial charge in [-0.15, -0.1) is 0 Å². The summed E-state index contributed by atoms with van der Waals surface area (Å²) in [5.41, 5.74) is 1.33. The highest BCUT2D eigenvalue weighted by molar-refractivity contribution is 5.38. The van der Waals surface area contributed by atoms with Gasteiger partial charge in [-0.25, -0.2) is 0 Å². The number of para-hydroxylation sites is 1. The van der Waals surface area contributed by atoms with E-state index in [1.54, 1.807) is 0 Å². The summed E-state index contributed by atoms with van der Waals surface area (Å²) in [5, 5.41) is 9.18. The van der Waals surface area contributed by atoms with Crippen molar-refractivity contribution in [3.05, 3.63) is 29.8 Å². The van der Waals surface area contributed by atoms with Gasteiger partial charge in [-0.05, 0) is 36.8 Å². The number of rotatable bonds is 5. The smallest absolute Gasteiger partial charge is 0.123 e. The zero-order valence-corrected chi connectivity index (χ0v) is 11.4. The molecule has 0 aromatic heterocycles. The molecule has 0 bridgehead atoms. The highest BCUT2D eigenvalue weighted by atomic mass is 16.5. The number of ether oxygens (including phenoxy) is 1. The van der Waals surface area contributed by atoms with E-state index in [4.69, 9.17) is 4.74 Å². The van der Waals surface area contributed by atoms with Crippen LogP contribution >= 0.6 is 0 Å². The van der Waals surface area contributed by atoms with Gasteiger partial charge in [-0.1, -0.05) is 39.0 Å². The normalized spacial score (nSPS) is 13.5. The molecule has 0 radical (unpaired) electrons. The van der Waals surface area contributed by atoms with Crippen LogP contribution in [0.5, 0.6) is 5.75 Å². The molecule has 0 aliphatic heterocycles. The Balaban J connectivity index is 2.59. The summed E-state index contributed by atoms with van der Waals surface area (Å²) in [6.07, 6.45) is 1.44. The molecule has 1 rings (SSSR count). The topological polar surface area (TPSA) is 29.5 Å². The van der Waals surface area contributed by atoms with Crippen LogP contribution in [0.2, 0.25) is 0 Å². The van der Waals surface area contributed by atoms with E-state index in [0.29, 0.717) is 6.61 Å². The molecule has 0 spiro atoms. The Morgan fingerprint density at radius 3 is 2.47 bits per heavy atom. The quantitative estimate of drug-likeness (QED) is 0.793. The third-order valence-electron chi connectivity index (χ3n) is 2.72. The van der Waals surface area contributed by atoms with Crippen LogP contribution < -0.4 is 4.74 Å². The second-order valence-corrected chi connectivity index (χ2v) is 5.59. The first-order valence-electron chi connectivity index (χ1n) is 6.31. The first-order chi connectivity index (χ1) is 7.91. The molecule has 2 heteroatoms. The molecule has 96 valence electrons. The Hall–Kier alpha value is -1.02. The maximum absolute atomic E-state index is 9.18. The fourth-order valence-electron chi connectivity index (χ4n) is 1.77. The van der Waals surface area contributed by atoms with Gasteiger partial charge in [0, 0.05) is 0 Å². The van der Waals surface area contributed by atoms with Crippen LogP contribution in [0.4, 0.5) is 0 Å². The fourth-order valence-corrected chi connectivity index (χ4v) is 1.77. The molecule has 0 aliphatic rings. The number of benzene rings is 1. The number of aliphatic hydroxyl groups is 1. The Labute approximate surface area is 105 Å². The first-order valence-corrected chi connectivity index (χ1v) is 6.31. The molecule has 1 unspecified atom stereocenters. The van der Waals surface area contributed by atoms with Crippen molar-refractivity contribution < 1.29 is 9.84 Å². The van der Waals surface area contributed by atoms with E-state index in [1.165, 1.54) is 5.56 Å². The molecule has 0 saturated heterocycles. The van der Waals surface area contributed by atoms with E-state index in [-0.39, 0.29) is 11.5 Å². The summed E-state index contributed by atoms with van der Waals surface area (Å²) >= 11 is 0. The molecule has 0 heterocycles. The van der Waals surface area contributed by atoms with E-state index in [9.17, 15) is 5.11 Å². The molecule has 1 aromatic carbocycles. The number of hydrogen-bond donors (Lipinski definition) is 1. The van der Waals surface area contributed by atoms with Crippen LogP contribution in [0, 0.1) is 0 Å². The lowest BCUT2D eigenvalue weighted by Crippen LogP contribution is -2.14. The zero-order chi connectivity index (χ0) is 12.9. The molecule has 1 N–H and O–H groups in total. The van der Waals surface area contributed by atoms with E-state index in [1.807, 2.05) is 25.1 Å². The highest BCUT2D eigenvalue weighted by Crippen LogP contribution is 2.30. The van der Waals surface area contributed by atoms with Crippen molar-refractivity contribution in [1.29, 1.82) is 0 Å². The van der Waals surface area contributed by atoms with Crippen molar-refractivity contribution >= 4 is 0 Å². The number of aliphatic hydroxyl groups excluding tert-OH is 1. The monoisotopic (exact) mass is 236 g/mol. The average molecular weight is 236 g/mol. The summed E-state index contributed by atoms with van der Waals surface area (Å²) in [6.45, 7) is 9.03. The van der Waals surface area contributed by atoms with Crippen molar-refractivity contribution in [2.75, 3.05) is 6.61 Å². The van der Waals surface area contributed by atoms with Gasteiger partial charge in [-0.3, -0.25) is 0 Å². The Morgan fingerprint density at radius 1 is 1.24 bits per heavy atom. The van der Waals surface area contributed by atoms with Crippen molar-refractivity contribution in [2.24, 2.45) is 0 Å². The van der Waals surface area contributed by atoms with E-state index in [0.717, 1.165) is 18.6 Å². The number of hydrogen-bond acceptors (Lipinski definition) is 2. The summed E-state index contributed by atoms with van der Waals surface area (Å²) in [5.74, 6) is 0.964. The predicted molar refractivity (Wildman–Crippen MR) is 71.6 cm³/mol. The second kappa shape index (κ2) is 6.06. The molecule has 0 aliphatic carbocycles.